The van der Waals surface area contributed by atoms with E-state index in [0.29, 0.717) is 66.8 Å². The monoisotopic (exact) mass is 1130 g/mol. The Hall–Kier alpha value is -9.66. The summed E-state index contributed by atoms with van der Waals surface area (Å²) in [5.74, 6) is -3.09. The number of hydrogen-bond acceptors (Lipinski definition) is 0. The molecule has 11 rings (SSSR count). The van der Waals surface area contributed by atoms with Crippen molar-refractivity contribution in [2.45, 2.75) is 41.5 Å². The maximum absolute atomic E-state index is 13.6. The summed E-state index contributed by atoms with van der Waals surface area (Å²) in [5, 5.41) is 0. The van der Waals surface area contributed by atoms with Gasteiger partial charge in [-0.15, -0.1) is 0 Å². The summed E-state index contributed by atoms with van der Waals surface area (Å²) >= 11 is 0. The number of hydrogen-bond donors (Lipinski definition) is 0. The molecule has 84 heavy (non-hydrogen) atoms. The molecule has 0 atom stereocenters. The van der Waals surface area contributed by atoms with Crippen LogP contribution in [-0.2, 0) is 0 Å². The van der Waals surface area contributed by atoms with Crippen molar-refractivity contribution >= 4 is 22.3 Å². The van der Waals surface area contributed by atoms with Gasteiger partial charge in [-0.25, -0.2) is 35.1 Å². The van der Waals surface area contributed by atoms with E-state index in [0.717, 1.165) is 0 Å². The van der Waals surface area contributed by atoms with Gasteiger partial charge in [-0.2, -0.15) is 0 Å². The molecule has 0 spiro atoms. The molecule has 422 valence electrons. The Balaban J connectivity index is 0.000000173. The Kier molecular flexibility index (Phi) is 22.4. The van der Waals surface area contributed by atoms with Crippen molar-refractivity contribution in [2.24, 2.45) is 0 Å². The molecule has 0 aliphatic carbocycles. The molecule has 11 aromatic carbocycles. The van der Waals surface area contributed by atoms with Crippen molar-refractivity contribution in [1.29, 1.82) is 0 Å². The molecule has 0 saturated carbocycles. The number of aryl methyl sites for hydroxylation is 6. The molecule has 0 fully saturated rings. The zero-order valence-corrected chi connectivity index (χ0v) is 47.4. The van der Waals surface area contributed by atoms with Gasteiger partial charge >= 0.3 is 0 Å². The van der Waals surface area contributed by atoms with Gasteiger partial charge in [-0.05, 0) is 205 Å². The Morgan fingerprint density at radius 1 is 0.143 bits per heavy atom. The van der Waals surface area contributed by atoms with Crippen LogP contribution < -0.4 is 0 Å². The summed E-state index contributed by atoms with van der Waals surface area (Å²) < 4.78 is 109. The Morgan fingerprint density at radius 2 is 0.226 bits per heavy atom. The lowest BCUT2D eigenvalue weighted by Crippen LogP contribution is -1.98. The minimum absolute atomic E-state index is 0.387. The first-order valence-electron chi connectivity index (χ1n) is 27.0. The Labute approximate surface area is 488 Å². The van der Waals surface area contributed by atoms with Crippen molar-refractivity contribution in [3.8, 4) is 0 Å². The quantitative estimate of drug-likeness (QED) is 0.105. The lowest BCUT2D eigenvalue weighted by atomic mass is 9.86. The van der Waals surface area contributed by atoms with Crippen LogP contribution in [-0.4, -0.2) is 0 Å². The van der Waals surface area contributed by atoms with Gasteiger partial charge in [-0.1, -0.05) is 203 Å². The first-order valence-corrected chi connectivity index (χ1v) is 27.0. The largest absolute Gasteiger partial charge is 0.207 e. The van der Waals surface area contributed by atoms with Crippen LogP contribution in [0.1, 0.15) is 77.9 Å². The summed E-state index contributed by atoms with van der Waals surface area (Å²) in [4.78, 5) is 0. The molecule has 0 unspecified atom stereocenters. The fraction of sp³-hybridized carbons (Fsp3) is 0.0789. The Morgan fingerprint density at radius 3 is 0.310 bits per heavy atom. The molecule has 0 radical (unpaired) electrons. The average Bonchev–Trinajstić information content (AvgIpc) is 3.66. The van der Waals surface area contributed by atoms with Crippen molar-refractivity contribution in [3.05, 3.63) is 391 Å². The van der Waals surface area contributed by atoms with E-state index in [1.54, 1.807) is 97.1 Å². The second kappa shape index (κ2) is 30.4. The molecule has 0 aliphatic rings. The van der Waals surface area contributed by atoms with Gasteiger partial charge in [0.2, 0.25) is 0 Å². The third-order valence-electron chi connectivity index (χ3n) is 13.2. The zero-order valence-electron chi connectivity index (χ0n) is 47.4. The molecule has 0 N–H and O–H groups in total. The van der Waals surface area contributed by atoms with Crippen molar-refractivity contribution < 1.29 is 35.1 Å². The van der Waals surface area contributed by atoms with Gasteiger partial charge in [0, 0.05) is 0 Å². The van der Waals surface area contributed by atoms with Crippen LogP contribution in [0.15, 0.2) is 267 Å². The summed E-state index contributed by atoms with van der Waals surface area (Å²) in [5.41, 5.74) is 16.2. The van der Waals surface area contributed by atoms with Crippen LogP contribution in [0.5, 0.6) is 0 Å². The highest BCUT2D eigenvalue weighted by Crippen LogP contribution is 2.39. The highest BCUT2D eigenvalue weighted by Gasteiger charge is 2.19. The molecule has 0 heterocycles. The van der Waals surface area contributed by atoms with Crippen LogP contribution in [0.4, 0.5) is 35.1 Å². The summed E-state index contributed by atoms with van der Waals surface area (Å²) in [6, 6.07) is 72.9. The molecule has 11 aromatic rings. The number of halogens is 8. The zero-order chi connectivity index (χ0) is 60.1. The smallest absolute Gasteiger partial charge is 0.123 e. The van der Waals surface area contributed by atoms with E-state index in [2.05, 4.69) is 114 Å². The van der Waals surface area contributed by atoms with Crippen LogP contribution in [0.2, 0.25) is 0 Å². The second-order valence-corrected chi connectivity index (χ2v) is 20.0. The minimum atomic E-state index is -0.387. The minimum Gasteiger partial charge on any atom is -0.207 e. The molecule has 0 aliphatic heterocycles. The summed E-state index contributed by atoms with van der Waals surface area (Å²) in [6.45, 7) is 12.6. The predicted octanol–water partition coefficient (Wildman–Crippen LogP) is 21.4. The predicted molar refractivity (Wildman–Crippen MR) is 329 cm³/mol. The average molecular weight is 1130 g/mol. The van der Waals surface area contributed by atoms with Crippen molar-refractivity contribution in [2.75, 3.05) is 0 Å². The molecule has 0 nitrogen and oxygen atoms in total. The molecular weight excluding hydrogens is 1060 g/mol. The fourth-order valence-corrected chi connectivity index (χ4v) is 8.66. The van der Waals surface area contributed by atoms with E-state index >= 15 is 0 Å². The lowest BCUT2D eigenvalue weighted by molar-refractivity contribution is 0.627. The van der Waals surface area contributed by atoms with Crippen molar-refractivity contribution in [1.82, 2.24) is 0 Å². The molecular formula is C76H62F8. The maximum Gasteiger partial charge on any atom is 0.123 e. The number of benzene rings is 11. The van der Waals surface area contributed by atoms with Gasteiger partial charge < -0.3 is 0 Å². The van der Waals surface area contributed by atoms with E-state index in [1.807, 2.05) is 0 Å². The first-order chi connectivity index (χ1) is 40.4. The molecule has 8 heteroatoms. The van der Waals surface area contributed by atoms with Gasteiger partial charge in [0.25, 0.3) is 0 Å². The summed E-state index contributed by atoms with van der Waals surface area (Å²) in [7, 11) is 0. The van der Waals surface area contributed by atoms with Crippen LogP contribution in [0, 0.1) is 88.1 Å². The third kappa shape index (κ3) is 18.7. The van der Waals surface area contributed by atoms with E-state index < -0.39 is 0 Å². The third-order valence-corrected chi connectivity index (χ3v) is 13.2. The fourth-order valence-electron chi connectivity index (χ4n) is 8.66. The lowest BCUT2D eigenvalue weighted by Gasteiger charge is -2.18. The Bertz CT molecular complexity index is 3100. The van der Waals surface area contributed by atoms with Crippen molar-refractivity contribution in [3.63, 3.8) is 0 Å². The van der Waals surface area contributed by atoms with Gasteiger partial charge in [-0.3, -0.25) is 0 Å². The van der Waals surface area contributed by atoms with Crippen LogP contribution in [0.3, 0.4) is 0 Å². The summed E-state index contributed by atoms with van der Waals surface area (Å²) in [6.07, 6.45) is 0. The van der Waals surface area contributed by atoms with E-state index in [1.165, 1.54) is 130 Å². The highest BCUT2D eigenvalue weighted by atomic mass is 19.2. The normalized spacial score (nSPS) is 10.3. The topological polar surface area (TPSA) is 0 Å². The van der Waals surface area contributed by atoms with Gasteiger partial charge in [0.1, 0.15) is 46.5 Å². The van der Waals surface area contributed by atoms with Gasteiger partial charge in [0.15, 0.2) is 0 Å². The molecule has 0 saturated heterocycles. The van der Waals surface area contributed by atoms with E-state index in [-0.39, 0.29) is 46.5 Å². The SMILES string of the molecule is Cc1ccc(C)cc1.Cc1ccc(C)cc1.Cc1ccc(C)cc1.Fc1ccc(C(=C(c2ccc(F)cc2)c2ccc(F)cc2)c2ccc(F)cc2)cc1.Fc1ccc(C(=C(c2ccc(F)cc2)c2ccc(F)cc2)c2ccc(F)cc2)cc1. The van der Waals surface area contributed by atoms with E-state index in [9.17, 15) is 35.1 Å². The molecule has 0 amide bonds. The molecule has 0 aromatic heterocycles. The second-order valence-electron chi connectivity index (χ2n) is 20.0. The first kappa shape index (κ1) is 61.9. The van der Waals surface area contributed by atoms with Crippen LogP contribution in [0.25, 0.3) is 22.3 Å². The maximum atomic E-state index is 13.6. The standard InChI is InChI=1S/2C26H16F4.3C8H10/c2*27-21-9-1-17(2-10-21)25(18-3-11-22(28)12-4-18)26(19-5-13-23(29)14-6-19)20-7-15-24(30)16-8-20;3*1-7-3-5-8(2)6-4-7/h2*1-16H;3*3-6H,1-2H3. The van der Waals surface area contributed by atoms with E-state index in [4.69, 9.17) is 0 Å². The highest BCUT2D eigenvalue weighted by molar-refractivity contribution is 6.05. The van der Waals surface area contributed by atoms with Gasteiger partial charge in [0.05, 0.1) is 0 Å². The molecule has 0 bridgehead atoms. The number of rotatable bonds is 8. The van der Waals surface area contributed by atoms with Crippen LogP contribution >= 0.6 is 0 Å².